The van der Waals surface area contributed by atoms with Crippen LogP contribution in [-0.4, -0.2) is 29.1 Å². The molecular formula is C15H13BrN2O2S. The van der Waals surface area contributed by atoms with E-state index in [9.17, 15) is 9.59 Å². The number of carbonyl (C=O) groups is 1. The lowest BCUT2D eigenvalue weighted by Crippen LogP contribution is -2.21. The average Bonchev–Trinajstić information content (AvgIpc) is 2.71. The number of amides is 1. The second-order valence-corrected chi connectivity index (χ2v) is 6.68. The molecule has 0 saturated heterocycles. The van der Waals surface area contributed by atoms with Crippen molar-refractivity contribution in [2.45, 2.75) is 5.37 Å². The van der Waals surface area contributed by atoms with E-state index in [1.807, 2.05) is 30.5 Å². The van der Waals surface area contributed by atoms with Crippen LogP contribution in [0.5, 0.6) is 0 Å². The summed E-state index contributed by atoms with van der Waals surface area (Å²) in [4.78, 5) is 28.8. The quantitative estimate of drug-likeness (QED) is 0.889. The zero-order chi connectivity index (χ0) is 15.1. The Morgan fingerprint density at radius 2 is 1.90 bits per heavy atom. The normalized spacial score (nSPS) is 17.2. The molecule has 108 valence electrons. The van der Waals surface area contributed by atoms with Crippen molar-refractivity contribution in [3.63, 3.8) is 0 Å². The maximum atomic E-state index is 12.3. The fourth-order valence-electron chi connectivity index (χ4n) is 2.61. The smallest absolute Gasteiger partial charge is 0.255 e. The molecular weight excluding hydrogens is 352 g/mol. The summed E-state index contributed by atoms with van der Waals surface area (Å²) in [5.74, 6) is -0.103. The number of thioether (sulfide) groups is 1. The number of nitrogens with zero attached hydrogens (tertiary/aromatic N) is 1. The number of hydrogen-bond donors (Lipinski definition) is 1. The summed E-state index contributed by atoms with van der Waals surface area (Å²) < 4.78 is 0.968. The molecule has 2 heterocycles. The van der Waals surface area contributed by atoms with Gasteiger partial charge in [-0.2, -0.15) is 0 Å². The van der Waals surface area contributed by atoms with E-state index >= 15 is 0 Å². The molecule has 3 rings (SSSR count). The summed E-state index contributed by atoms with van der Waals surface area (Å²) in [6.07, 6.45) is 1.96. The molecule has 0 spiro atoms. The number of halogens is 1. The fraction of sp³-hybridized carbons (Fsp3) is 0.200. The zero-order valence-electron chi connectivity index (χ0n) is 11.5. The number of carbonyl (C=O) groups excluding carboxylic acids is 1. The Morgan fingerprint density at radius 3 is 2.52 bits per heavy atom. The van der Waals surface area contributed by atoms with Gasteiger partial charge in [0.15, 0.2) is 0 Å². The van der Waals surface area contributed by atoms with Gasteiger partial charge in [0.05, 0.1) is 11.3 Å². The van der Waals surface area contributed by atoms with Crippen LogP contribution in [0.3, 0.4) is 0 Å². The van der Waals surface area contributed by atoms with Gasteiger partial charge in [-0.3, -0.25) is 9.59 Å². The first kappa shape index (κ1) is 14.4. The highest BCUT2D eigenvalue weighted by Crippen LogP contribution is 2.42. The molecule has 6 heteroatoms. The number of fused-ring (bicyclic) bond motifs is 1. The molecule has 4 nitrogen and oxygen atoms in total. The van der Waals surface area contributed by atoms with Crippen molar-refractivity contribution in [2.75, 3.05) is 13.3 Å². The van der Waals surface area contributed by atoms with Gasteiger partial charge < -0.3 is 9.88 Å². The number of aromatic amines is 1. The summed E-state index contributed by atoms with van der Waals surface area (Å²) in [5.41, 5.74) is 2.75. The molecule has 21 heavy (non-hydrogen) atoms. The molecule has 1 aromatic heterocycles. The molecule has 1 N–H and O–H groups in total. The molecule has 1 atom stereocenters. The van der Waals surface area contributed by atoms with Gasteiger partial charge in [0.2, 0.25) is 5.56 Å². The van der Waals surface area contributed by atoms with Gasteiger partial charge in [0, 0.05) is 23.2 Å². The molecule has 0 radical (unpaired) electrons. The first-order chi connectivity index (χ1) is 10.0. The maximum absolute atomic E-state index is 12.3. The van der Waals surface area contributed by atoms with E-state index in [1.165, 1.54) is 6.07 Å². The molecule has 0 bridgehead atoms. The first-order valence-corrected chi connectivity index (χ1v) is 8.44. The molecule has 0 aliphatic carbocycles. The maximum Gasteiger partial charge on any atom is 0.255 e. The Hall–Kier alpha value is -1.53. The van der Waals surface area contributed by atoms with Crippen LogP contribution < -0.4 is 5.56 Å². The topological polar surface area (TPSA) is 53.2 Å². The Balaban J connectivity index is 2.28. The number of aromatic nitrogens is 1. The van der Waals surface area contributed by atoms with Crippen LogP contribution in [0.1, 0.15) is 21.3 Å². The second-order valence-electron chi connectivity index (χ2n) is 4.85. The van der Waals surface area contributed by atoms with Crippen molar-refractivity contribution < 1.29 is 4.79 Å². The number of H-pyrrole nitrogens is 1. The highest BCUT2D eigenvalue weighted by atomic mass is 79.9. The standard InChI is InChI=1S/C15H13BrN2O2S/c1-18-14(20)10-7-11(19)17-13(12(10)15(18)21-2)8-3-5-9(16)6-4-8/h3-7,15H,1-2H3,(H,17,19)/t15-/m1/s1. The minimum Gasteiger partial charge on any atom is -0.325 e. The minimum atomic E-state index is -0.254. The molecule has 1 aromatic carbocycles. The third-order valence-corrected chi connectivity index (χ3v) is 5.12. The third kappa shape index (κ3) is 2.32. The van der Waals surface area contributed by atoms with Crippen LogP contribution in [0.4, 0.5) is 0 Å². The molecule has 1 aliphatic heterocycles. The zero-order valence-corrected chi connectivity index (χ0v) is 13.9. The van der Waals surface area contributed by atoms with Gasteiger partial charge in [0.1, 0.15) is 5.37 Å². The first-order valence-electron chi connectivity index (χ1n) is 6.36. The van der Waals surface area contributed by atoms with Gasteiger partial charge in [-0.25, -0.2) is 0 Å². The Kier molecular flexibility index (Phi) is 3.67. The number of benzene rings is 1. The van der Waals surface area contributed by atoms with Gasteiger partial charge >= 0.3 is 0 Å². The molecule has 0 saturated carbocycles. The lowest BCUT2D eigenvalue weighted by molar-refractivity contribution is 0.0813. The molecule has 2 aromatic rings. The van der Waals surface area contributed by atoms with Crippen molar-refractivity contribution >= 4 is 33.6 Å². The van der Waals surface area contributed by atoms with Gasteiger partial charge in [-0.1, -0.05) is 28.1 Å². The van der Waals surface area contributed by atoms with Gasteiger partial charge in [-0.05, 0) is 24.0 Å². The number of hydrogen-bond acceptors (Lipinski definition) is 3. The summed E-state index contributed by atoms with van der Waals surface area (Å²) in [6.45, 7) is 0. The third-order valence-electron chi connectivity index (χ3n) is 3.59. The number of nitrogens with one attached hydrogen (secondary N) is 1. The molecule has 1 aliphatic rings. The average molecular weight is 365 g/mol. The van der Waals surface area contributed by atoms with Crippen LogP contribution in [0.25, 0.3) is 11.3 Å². The van der Waals surface area contributed by atoms with Crippen molar-refractivity contribution in [3.05, 3.63) is 56.3 Å². The van der Waals surface area contributed by atoms with Crippen molar-refractivity contribution in [1.82, 2.24) is 9.88 Å². The van der Waals surface area contributed by atoms with E-state index in [1.54, 1.807) is 23.7 Å². The predicted octanol–water partition coefficient (Wildman–Crippen LogP) is 3.25. The second kappa shape index (κ2) is 5.35. The SMILES string of the molecule is CS[C@@H]1c2c(cc(=O)[nH]c2-c2ccc(Br)cc2)C(=O)N1C. The lowest BCUT2D eigenvalue weighted by Gasteiger charge is -2.19. The van der Waals surface area contributed by atoms with E-state index in [-0.39, 0.29) is 16.8 Å². The lowest BCUT2D eigenvalue weighted by atomic mass is 10.0. The summed E-state index contributed by atoms with van der Waals surface area (Å²) in [6, 6.07) is 9.08. The van der Waals surface area contributed by atoms with E-state index in [0.29, 0.717) is 5.56 Å². The molecule has 1 amide bonds. The van der Waals surface area contributed by atoms with Crippen molar-refractivity contribution in [1.29, 1.82) is 0 Å². The van der Waals surface area contributed by atoms with Crippen LogP contribution >= 0.6 is 27.7 Å². The van der Waals surface area contributed by atoms with E-state index in [2.05, 4.69) is 20.9 Å². The Morgan fingerprint density at radius 1 is 1.24 bits per heavy atom. The van der Waals surface area contributed by atoms with Gasteiger partial charge in [-0.15, -0.1) is 11.8 Å². The highest BCUT2D eigenvalue weighted by molar-refractivity contribution is 9.10. The summed E-state index contributed by atoms with van der Waals surface area (Å²) in [5, 5.41) is -0.0806. The van der Waals surface area contributed by atoms with E-state index in [4.69, 9.17) is 0 Å². The Labute approximate surface area is 134 Å². The monoisotopic (exact) mass is 364 g/mol. The van der Waals surface area contributed by atoms with E-state index in [0.717, 1.165) is 21.3 Å². The van der Waals surface area contributed by atoms with Crippen molar-refractivity contribution in [3.8, 4) is 11.3 Å². The number of rotatable bonds is 2. The number of pyridine rings is 1. The largest absolute Gasteiger partial charge is 0.325 e. The van der Waals surface area contributed by atoms with Crippen LogP contribution in [0.2, 0.25) is 0 Å². The summed E-state index contributed by atoms with van der Waals surface area (Å²) in [7, 11) is 1.76. The predicted molar refractivity (Wildman–Crippen MR) is 88.5 cm³/mol. The fourth-order valence-corrected chi connectivity index (χ4v) is 3.77. The van der Waals surface area contributed by atoms with Crippen LogP contribution in [0, 0.1) is 0 Å². The molecule has 0 fully saturated rings. The highest BCUT2D eigenvalue weighted by Gasteiger charge is 2.36. The minimum absolute atomic E-state index is 0.0806. The van der Waals surface area contributed by atoms with Crippen LogP contribution in [-0.2, 0) is 0 Å². The van der Waals surface area contributed by atoms with E-state index < -0.39 is 0 Å². The van der Waals surface area contributed by atoms with Crippen molar-refractivity contribution in [2.24, 2.45) is 0 Å². The Bertz CT molecular complexity index is 770. The van der Waals surface area contributed by atoms with Gasteiger partial charge in [0.25, 0.3) is 5.91 Å². The summed E-state index contributed by atoms with van der Waals surface area (Å²) >= 11 is 4.98. The van der Waals surface area contributed by atoms with Crippen LogP contribution in [0.15, 0.2) is 39.6 Å². The molecule has 0 unspecified atom stereocenters.